The van der Waals surface area contributed by atoms with Gasteiger partial charge in [-0.1, -0.05) is 23.7 Å². The molecule has 16 heavy (non-hydrogen) atoms. The first-order chi connectivity index (χ1) is 7.48. The van der Waals surface area contributed by atoms with Crippen molar-refractivity contribution in [3.63, 3.8) is 0 Å². The Morgan fingerprint density at radius 1 is 1.38 bits per heavy atom. The highest BCUT2D eigenvalue weighted by Gasteiger charge is 2.45. The van der Waals surface area contributed by atoms with Crippen LogP contribution in [0.5, 0.6) is 0 Å². The number of halogens is 3. The second-order valence-corrected chi connectivity index (χ2v) is 4.32. The fourth-order valence-corrected chi connectivity index (χ4v) is 1.89. The van der Waals surface area contributed by atoms with Crippen molar-refractivity contribution in [2.75, 3.05) is 0 Å². The van der Waals surface area contributed by atoms with E-state index in [4.69, 9.17) is 11.6 Å². The summed E-state index contributed by atoms with van der Waals surface area (Å²) in [5.74, 6) is -3.02. The lowest BCUT2D eigenvalue weighted by atomic mass is 9.88. The van der Waals surface area contributed by atoms with Crippen LogP contribution >= 0.6 is 11.6 Å². The predicted octanol–water partition coefficient (Wildman–Crippen LogP) is 2.87. The van der Waals surface area contributed by atoms with Gasteiger partial charge >= 0.3 is 0 Å². The van der Waals surface area contributed by atoms with Crippen LogP contribution in [0.15, 0.2) is 24.3 Å². The number of hydrogen-bond donors (Lipinski definition) is 1. The van der Waals surface area contributed by atoms with Crippen molar-refractivity contribution < 1.29 is 13.6 Å². The third-order valence-corrected chi connectivity index (χ3v) is 2.87. The van der Waals surface area contributed by atoms with E-state index >= 15 is 0 Å². The van der Waals surface area contributed by atoms with E-state index < -0.39 is 17.9 Å². The number of hydrogen-bond acceptors (Lipinski definition) is 1. The lowest BCUT2D eigenvalue weighted by molar-refractivity contribution is -0.0901. The van der Waals surface area contributed by atoms with Crippen molar-refractivity contribution in [3.8, 4) is 0 Å². The maximum absolute atomic E-state index is 12.5. The largest absolute Gasteiger partial charge is 0.349 e. The Bertz CT molecular complexity index is 414. The maximum atomic E-state index is 12.5. The lowest BCUT2D eigenvalue weighted by Crippen LogP contribution is -2.50. The number of benzene rings is 1. The van der Waals surface area contributed by atoms with Crippen LogP contribution < -0.4 is 5.32 Å². The first kappa shape index (κ1) is 11.3. The zero-order valence-corrected chi connectivity index (χ0v) is 9.10. The lowest BCUT2D eigenvalue weighted by Gasteiger charge is -2.35. The van der Waals surface area contributed by atoms with E-state index in [0.717, 1.165) is 0 Å². The van der Waals surface area contributed by atoms with Crippen LogP contribution in [0, 0.1) is 0 Å². The van der Waals surface area contributed by atoms with Gasteiger partial charge in [-0.05, 0) is 12.1 Å². The van der Waals surface area contributed by atoms with E-state index in [-0.39, 0.29) is 12.8 Å². The van der Waals surface area contributed by atoms with Crippen LogP contribution in [0.2, 0.25) is 5.02 Å². The number of carbonyl (C=O) groups is 1. The zero-order valence-electron chi connectivity index (χ0n) is 8.34. The highest BCUT2D eigenvalue weighted by Crippen LogP contribution is 2.37. The molecule has 0 heterocycles. The monoisotopic (exact) mass is 245 g/mol. The quantitative estimate of drug-likeness (QED) is 0.853. The molecule has 2 rings (SSSR count). The summed E-state index contributed by atoms with van der Waals surface area (Å²) >= 11 is 5.81. The molecule has 0 unspecified atom stereocenters. The second kappa shape index (κ2) is 4.01. The first-order valence-electron chi connectivity index (χ1n) is 4.91. The SMILES string of the molecule is O=C(NC1CC(F)(F)C1)c1ccccc1Cl. The molecule has 1 aliphatic carbocycles. The topological polar surface area (TPSA) is 29.1 Å². The standard InChI is InChI=1S/C11H10ClF2NO/c12-9-4-2-1-3-8(9)10(16)15-7-5-11(13,14)6-7/h1-4,7H,5-6H2,(H,15,16). The Kier molecular flexibility index (Phi) is 2.84. The Labute approximate surface area is 96.6 Å². The van der Waals surface area contributed by atoms with Gasteiger partial charge in [-0.25, -0.2) is 8.78 Å². The minimum absolute atomic E-state index is 0.288. The number of alkyl halides is 2. The molecular weight excluding hydrogens is 236 g/mol. The Balaban J connectivity index is 1.97. The molecule has 86 valence electrons. The van der Waals surface area contributed by atoms with Crippen molar-refractivity contribution >= 4 is 17.5 Å². The Morgan fingerprint density at radius 3 is 2.56 bits per heavy atom. The van der Waals surface area contributed by atoms with Gasteiger partial charge in [0.25, 0.3) is 11.8 Å². The normalized spacial score (nSPS) is 18.9. The summed E-state index contributed by atoms with van der Waals surface area (Å²) in [4.78, 5) is 11.6. The molecule has 0 bridgehead atoms. The smallest absolute Gasteiger partial charge is 0.253 e. The minimum Gasteiger partial charge on any atom is -0.349 e. The second-order valence-electron chi connectivity index (χ2n) is 3.91. The number of rotatable bonds is 2. The highest BCUT2D eigenvalue weighted by atomic mass is 35.5. The van der Waals surface area contributed by atoms with Gasteiger partial charge in [0.2, 0.25) is 0 Å². The average Bonchev–Trinajstić information content (AvgIpc) is 2.15. The van der Waals surface area contributed by atoms with Gasteiger partial charge in [0.1, 0.15) is 0 Å². The molecule has 0 aliphatic heterocycles. The van der Waals surface area contributed by atoms with Crippen molar-refractivity contribution in [3.05, 3.63) is 34.9 Å². The molecule has 1 aliphatic rings. The molecule has 1 aromatic carbocycles. The molecule has 1 N–H and O–H groups in total. The summed E-state index contributed by atoms with van der Waals surface area (Å²) in [6.45, 7) is 0. The van der Waals surface area contributed by atoms with E-state index in [0.29, 0.717) is 10.6 Å². The molecular formula is C11H10ClF2NO. The Hall–Kier alpha value is -1.16. The maximum Gasteiger partial charge on any atom is 0.253 e. The van der Waals surface area contributed by atoms with Crippen LogP contribution in [0.3, 0.4) is 0 Å². The summed E-state index contributed by atoms with van der Waals surface area (Å²) in [6, 6.07) is 6.09. The zero-order chi connectivity index (χ0) is 11.8. The molecule has 0 spiro atoms. The fourth-order valence-electron chi connectivity index (χ4n) is 1.67. The Morgan fingerprint density at radius 2 is 2.00 bits per heavy atom. The third kappa shape index (κ3) is 2.32. The van der Waals surface area contributed by atoms with Gasteiger partial charge in [-0.15, -0.1) is 0 Å². The minimum atomic E-state index is -2.63. The summed E-state index contributed by atoms with van der Waals surface area (Å²) < 4.78 is 25.1. The molecule has 0 atom stereocenters. The summed E-state index contributed by atoms with van der Waals surface area (Å²) in [6.07, 6.45) is -0.577. The van der Waals surface area contributed by atoms with Crippen LogP contribution in [-0.2, 0) is 0 Å². The summed E-state index contributed by atoms with van der Waals surface area (Å²) in [5.41, 5.74) is 0.319. The van der Waals surface area contributed by atoms with Crippen molar-refractivity contribution in [2.24, 2.45) is 0 Å². The molecule has 0 aromatic heterocycles. The van der Waals surface area contributed by atoms with E-state index in [2.05, 4.69) is 5.32 Å². The van der Waals surface area contributed by atoms with Crippen LogP contribution in [0.4, 0.5) is 8.78 Å². The molecule has 0 saturated heterocycles. The van der Waals surface area contributed by atoms with Gasteiger partial charge in [0.05, 0.1) is 10.6 Å². The van der Waals surface area contributed by atoms with Crippen LogP contribution in [0.25, 0.3) is 0 Å². The molecule has 0 radical (unpaired) electrons. The first-order valence-corrected chi connectivity index (χ1v) is 5.29. The molecule has 5 heteroatoms. The van der Waals surface area contributed by atoms with E-state index in [1.165, 1.54) is 0 Å². The molecule has 1 saturated carbocycles. The van der Waals surface area contributed by atoms with Crippen molar-refractivity contribution in [1.29, 1.82) is 0 Å². The van der Waals surface area contributed by atoms with E-state index in [1.54, 1.807) is 24.3 Å². The summed E-state index contributed by atoms with van der Waals surface area (Å²) in [5, 5.41) is 2.85. The molecule has 1 aromatic rings. The van der Waals surface area contributed by atoms with E-state index in [9.17, 15) is 13.6 Å². The van der Waals surface area contributed by atoms with Gasteiger partial charge < -0.3 is 5.32 Å². The van der Waals surface area contributed by atoms with Crippen molar-refractivity contribution in [1.82, 2.24) is 5.32 Å². The van der Waals surface area contributed by atoms with Gasteiger partial charge in [0, 0.05) is 18.9 Å². The van der Waals surface area contributed by atoms with Crippen molar-refractivity contribution in [2.45, 2.75) is 24.8 Å². The predicted molar refractivity (Wildman–Crippen MR) is 56.9 cm³/mol. The number of carbonyl (C=O) groups excluding carboxylic acids is 1. The molecule has 1 fully saturated rings. The average molecular weight is 246 g/mol. The fraction of sp³-hybridized carbons (Fsp3) is 0.364. The van der Waals surface area contributed by atoms with E-state index in [1.807, 2.05) is 0 Å². The molecule has 2 nitrogen and oxygen atoms in total. The van der Waals surface area contributed by atoms with Gasteiger partial charge in [0.15, 0.2) is 0 Å². The number of amides is 1. The highest BCUT2D eigenvalue weighted by molar-refractivity contribution is 6.33. The third-order valence-electron chi connectivity index (χ3n) is 2.54. The van der Waals surface area contributed by atoms with Gasteiger partial charge in [-0.3, -0.25) is 4.79 Å². The van der Waals surface area contributed by atoms with Gasteiger partial charge in [-0.2, -0.15) is 0 Å². The van der Waals surface area contributed by atoms with Crippen LogP contribution in [0.1, 0.15) is 23.2 Å². The van der Waals surface area contributed by atoms with Crippen LogP contribution in [-0.4, -0.2) is 17.9 Å². The number of nitrogens with one attached hydrogen (secondary N) is 1. The summed E-state index contributed by atoms with van der Waals surface area (Å²) in [7, 11) is 0. The molecule has 1 amide bonds.